The molecule has 23 heavy (non-hydrogen) atoms. The predicted octanol–water partition coefficient (Wildman–Crippen LogP) is 0.963. The topological polar surface area (TPSA) is 102 Å². The summed E-state index contributed by atoms with van der Waals surface area (Å²) in [4.78, 5) is 23.4. The first kappa shape index (κ1) is 19.0. The third kappa shape index (κ3) is 7.64. The summed E-state index contributed by atoms with van der Waals surface area (Å²) < 4.78 is 27.8. The summed E-state index contributed by atoms with van der Waals surface area (Å²) in [6, 6.07) is 5.86. The molecule has 0 saturated carbocycles. The smallest absolute Gasteiger partial charge is 0.246 e. The Morgan fingerprint density at radius 1 is 1.22 bits per heavy atom. The van der Waals surface area contributed by atoms with Crippen molar-refractivity contribution in [3.63, 3.8) is 0 Å². The van der Waals surface area contributed by atoms with Gasteiger partial charge in [-0.2, -0.15) is 0 Å². The van der Waals surface area contributed by atoms with Crippen LogP contribution in [0.3, 0.4) is 0 Å². The molecule has 0 aliphatic heterocycles. The van der Waals surface area contributed by atoms with Crippen LogP contribution >= 0.6 is 0 Å². The number of benzene rings is 1. The van der Waals surface area contributed by atoms with Gasteiger partial charge >= 0.3 is 0 Å². The van der Waals surface area contributed by atoms with Gasteiger partial charge in [-0.1, -0.05) is 0 Å². The fraction of sp³-hybridized carbons (Fsp3) is 0.467. The van der Waals surface area contributed by atoms with E-state index in [0.717, 1.165) is 6.26 Å². The Kier molecular flexibility index (Phi) is 7.02. The number of amides is 2. The Morgan fingerprint density at radius 3 is 2.30 bits per heavy atom. The zero-order chi connectivity index (χ0) is 17.5. The lowest BCUT2D eigenvalue weighted by molar-refractivity contribution is -0.125. The molecule has 1 atom stereocenters. The van der Waals surface area contributed by atoms with Crippen molar-refractivity contribution in [3.8, 4) is 5.75 Å². The average molecular weight is 342 g/mol. The summed E-state index contributed by atoms with van der Waals surface area (Å²) in [5.74, 6) is -0.367. The predicted molar refractivity (Wildman–Crippen MR) is 88.2 cm³/mol. The highest BCUT2D eigenvalue weighted by Crippen LogP contribution is 2.16. The Bertz CT molecular complexity index is 640. The maximum absolute atomic E-state index is 12.2. The molecule has 2 N–H and O–H groups in total. The van der Waals surface area contributed by atoms with Crippen molar-refractivity contribution in [1.82, 2.24) is 5.32 Å². The molecule has 0 spiro atoms. The molecule has 0 saturated heterocycles. The Labute approximate surface area is 136 Å². The summed E-state index contributed by atoms with van der Waals surface area (Å²) >= 11 is 0. The van der Waals surface area contributed by atoms with Crippen LogP contribution in [-0.2, 0) is 19.4 Å². The molecule has 8 heteroatoms. The lowest BCUT2D eigenvalue weighted by atomic mass is 10.2. The second-order valence-corrected chi connectivity index (χ2v) is 7.38. The second kappa shape index (κ2) is 8.52. The highest BCUT2D eigenvalue weighted by Gasteiger charge is 2.21. The van der Waals surface area contributed by atoms with Crippen molar-refractivity contribution in [3.05, 3.63) is 24.3 Å². The molecule has 0 aliphatic rings. The Balaban J connectivity index is 2.73. The molecule has 0 radical (unpaired) electrons. The number of ether oxygens (including phenoxy) is 1. The van der Waals surface area contributed by atoms with Gasteiger partial charge in [-0.3, -0.25) is 9.59 Å². The monoisotopic (exact) mass is 342 g/mol. The van der Waals surface area contributed by atoms with Crippen LogP contribution in [0.2, 0.25) is 0 Å². The Morgan fingerprint density at radius 2 is 1.83 bits per heavy atom. The largest absolute Gasteiger partial charge is 0.494 e. The zero-order valence-corrected chi connectivity index (χ0v) is 14.3. The third-order valence-corrected chi connectivity index (χ3v) is 3.88. The quantitative estimate of drug-likeness (QED) is 0.733. The first-order chi connectivity index (χ1) is 10.7. The highest BCUT2D eigenvalue weighted by atomic mass is 32.2. The van der Waals surface area contributed by atoms with E-state index in [1.165, 1.54) is 6.92 Å². The van der Waals surface area contributed by atoms with Crippen LogP contribution < -0.4 is 15.4 Å². The normalized spacial score (nSPS) is 12.3. The SMILES string of the molecule is CCOc1ccc(NC(=O)[C@@H](CCS(C)(=O)=O)NC(C)=O)cc1. The van der Waals surface area contributed by atoms with Crippen LogP contribution in [0.25, 0.3) is 0 Å². The summed E-state index contributed by atoms with van der Waals surface area (Å²) in [7, 11) is -3.22. The van der Waals surface area contributed by atoms with Gasteiger partial charge in [0.2, 0.25) is 11.8 Å². The van der Waals surface area contributed by atoms with Gasteiger partial charge in [0, 0.05) is 18.9 Å². The van der Waals surface area contributed by atoms with Gasteiger partial charge < -0.3 is 15.4 Å². The van der Waals surface area contributed by atoms with Crippen LogP contribution in [0.4, 0.5) is 5.69 Å². The highest BCUT2D eigenvalue weighted by molar-refractivity contribution is 7.90. The molecule has 2 amide bonds. The number of rotatable bonds is 8. The maximum atomic E-state index is 12.2. The molecule has 0 fully saturated rings. The number of nitrogens with one attached hydrogen (secondary N) is 2. The number of hydrogen-bond acceptors (Lipinski definition) is 5. The van der Waals surface area contributed by atoms with E-state index in [1.54, 1.807) is 24.3 Å². The number of carbonyl (C=O) groups is 2. The number of anilines is 1. The van der Waals surface area contributed by atoms with Crippen LogP contribution in [0.5, 0.6) is 5.75 Å². The van der Waals surface area contributed by atoms with E-state index in [1.807, 2.05) is 6.92 Å². The van der Waals surface area contributed by atoms with Crippen LogP contribution in [0, 0.1) is 0 Å². The molecule has 128 valence electrons. The molecule has 1 aromatic carbocycles. The minimum absolute atomic E-state index is 0.0152. The van der Waals surface area contributed by atoms with Crippen LogP contribution in [0.1, 0.15) is 20.3 Å². The van der Waals surface area contributed by atoms with Gasteiger partial charge in [0.05, 0.1) is 12.4 Å². The molecular weight excluding hydrogens is 320 g/mol. The molecule has 1 rings (SSSR count). The molecule has 0 aromatic heterocycles. The van der Waals surface area contributed by atoms with E-state index in [9.17, 15) is 18.0 Å². The van der Waals surface area contributed by atoms with E-state index in [4.69, 9.17) is 4.74 Å². The Hall–Kier alpha value is -2.09. The van der Waals surface area contributed by atoms with E-state index in [-0.39, 0.29) is 12.2 Å². The first-order valence-electron chi connectivity index (χ1n) is 7.20. The second-order valence-electron chi connectivity index (χ2n) is 5.12. The van der Waals surface area contributed by atoms with E-state index in [0.29, 0.717) is 18.0 Å². The summed E-state index contributed by atoms with van der Waals surface area (Å²) in [6.07, 6.45) is 1.10. The molecule has 0 aliphatic carbocycles. The van der Waals surface area contributed by atoms with Gasteiger partial charge in [0.25, 0.3) is 0 Å². The van der Waals surface area contributed by atoms with Gasteiger partial charge in [0.15, 0.2) is 0 Å². The van der Waals surface area contributed by atoms with Crippen molar-refractivity contribution >= 4 is 27.3 Å². The number of hydrogen-bond donors (Lipinski definition) is 2. The van der Waals surface area contributed by atoms with Crippen molar-refractivity contribution in [1.29, 1.82) is 0 Å². The number of carbonyl (C=O) groups excluding carboxylic acids is 2. The van der Waals surface area contributed by atoms with Crippen molar-refractivity contribution in [2.45, 2.75) is 26.3 Å². The average Bonchev–Trinajstić information content (AvgIpc) is 2.44. The molecular formula is C15H22N2O5S. The molecule has 0 heterocycles. The fourth-order valence-corrected chi connectivity index (χ4v) is 2.54. The van der Waals surface area contributed by atoms with Gasteiger partial charge in [-0.05, 0) is 37.6 Å². The van der Waals surface area contributed by atoms with Crippen molar-refractivity contribution in [2.24, 2.45) is 0 Å². The van der Waals surface area contributed by atoms with Gasteiger partial charge in [0.1, 0.15) is 21.6 Å². The molecule has 0 bridgehead atoms. The lowest BCUT2D eigenvalue weighted by Crippen LogP contribution is -2.43. The van der Waals surface area contributed by atoms with Crippen molar-refractivity contribution < 1.29 is 22.7 Å². The minimum Gasteiger partial charge on any atom is -0.494 e. The van der Waals surface area contributed by atoms with Crippen LogP contribution in [-0.4, -0.2) is 44.9 Å². The maximum Gasteiger partial charge on any atom is 0.246 e. The lowest BCUT2D eigenvalue weighted by Gasteiger charge is -2.17. The van der Waals surface area contributed by atoms with Crippen LogP contribution in [0.15, 0.2) is 24.3 Å². The standard InChI is InChI=1S/C15H22N2O5S/c1-4-22-13-7-5-12(6-8-13)17-15(19)14(16-11(2)18)9-10-23(3,20)21/h5-8,14H,4,9-10H2,1-3H3,(H,16,18)(H,17,19)/t14-/m1/s1. The summed E-state index contributed by atoms with van der Waals surface area (Å²) in [5, 5.41) is 5.11. The summed E-state index contributed by atoms with van der Waals surface area (Å²) in [6.45, 7) is 3.69. The van der Waals surface area contributed by atoms with Gasteiger partial charge in [-0.15, -0.1) is 0 Å². The fourth-order valence-electron chi connectivity index (χ4n) is 1.88. The first-order valence-corrected chi connectivity index (χ1v) is 9.26. The van der Waals surface area contributed by atoms with E-state index >= 15 is 0 Å². The molecule has 1 aromatic rings. The van der Waals surface area contributed by atoms with E-state index < -0.39 is 27.7 Å². The number of sulfone groups is 1. The summed E-state index contributed by atoms with van der Waals surface area (Å²) in [5.41, 5.74) is 0.535. The van der Waals surface area contributed by atoms with Gasteiger partial charge in [-0.25, -0.2) is 8.42 Å². The zero-order valence-electron chi connectivity index (χ0n) is 13.5. The van der Waals surface area contributed by atoms with E-state index in [2.05, 4.69) is 10.6 Å². The molecule has 7 nitrogen and oxygen atoms in total. The molecule has 0 unspecified atom stereocenters. The third-order valence-electron chi connectivity index (χ3n) is 2.90. The minimum atomic E-state index is -3.22. The van der Waals surface area contributed by atoms with Crippen molar-refractivity contribution in [2.75, 3.05) is 23.9 Å².